The van der Waals surface area contributed by atoms with E-state index in [1.807, 2.05) is 27.1 Å². The van der Waals surface area contributed by atoms with Crippen LogP contribution >= 0.6 is 0 Å². The van der Waals surface area contributed by atoms with E-state index < -0.39 is 0 Å². The zero-order valence-electron chi connectivity index (χ0n) is 15.8. The summed E-state index contributed by atoms with van der Waals surface area (Å²) < 4.78 is 1.74. The van der Waals surface area contributed by atoms with Crippen LogP contribution in [0, 0.1) is 11.3 Å². The van der Waals surface area contributed by atoms with Gasteiger partial charge >= 0.3 is 6.03 Å². The zero-order valence-corrected chi connectivity index (χ0v) is 15.8. The third kappa shape index (κ3) is 5.23. The van der Waals surface area contributed by atoms with Crippen molar-refractivity contribution < 1.29 is 9.90 Å². The van der Waals surface area contributed by atoms with Crippen LogP contribution in [0.1, 0.15) is 65.5 Å². The van der Waals surface area contributed by atoms with Crippen molar-refractivity contribution in [3.8, 4) is 0 Å². The molecule has 0 bridgehead atoms. The van der Waals surface area contributed by atoms with Crippen molar-refractivity contribution in [2.75, 3.05) is 0 Å². The predicted octanol–water partition coefficient (Wildman–Crippen LogP) is 2.75. The average Bonchev–Trinajstić information content (AvgIpc) is 2.75. The molecule has 1 aliphatic rings. The van der Waals surface area contributed by atoms with Gasteiger partial charge in [-0.15, -0.1) is 0 Å². The minimum absolute atomic E-state index is 0.118. The van der Waals surface area contributed by atoms with E-state index in [1.165, 1.54) is 0 Å². The maximum Gasteiger partial charge on any atom is 0.315 e. The van der Waals surface area contributed by atoms with Crippen molar-refractivity contribution in [1.82, 2.24) is 20.4 Å². The Morgan fingerprint density at radius 3 is 2.46 bits per heavy atom. The van der Waals surface area contributed by atoms with Crippen LogP contribution < -0.4 is 10.6 Å². The Bertz CT molecular complexity index is 568. The summed E-state index contributed by atoms with van der Waals surface area (Å²) in [6.45, 7) is 10.6. The lowest BCUT2D eigenvalue weighted by Gasteiger charge is -2.39. The van der Waals surface area contributed by atoms with Crippen molar-refractivity contribution in [3.05, 3.63) is 18.0 Å². The van der Waals surface area contributed by atoms with Gasteiger partial charge in [0.05, 0.1) is 18.3 Å². The number of aliphatic hydroxyl groups excluding tert-OH is 1. The van der Waals surface area contributed by atoms with Gasteiger partial charge in [-0.05, 0) is 44.4 Å². The van der Waals surface area contributed by atoms with Crippen LogP contribution in [-0.4, -0.2) is 32.6 Å². The average molecular weight is 336 g/mol. The maximum absolute atomic E-state index is 12.5. The first-order valence-electron chi connectivity index (χ1n) is 8.70. The van der Waals surface area contributed by atoms with Gasteiger partial charge in [0.15, 0.2) is 0 Å². The molecule has 1 aromatic heterocycles. The molecule has 1 saturated carbocycles. The number of urea groups is 1. The molecule has 1 fully saturated rings. The highest BCUT2D eigenvalue weighted by atomic mass is 16.3. The van der Waals surface area contributed by atoms with E-state index in [0.717, 1.165) is 12.0 Å². The molecule has 1 aliphatic carbocycles. The highest BCUT2D eigenvalue weighted by Gasteiger charge is 2.37. The molecule has 2 amide bonds. The van der Waals surface area contributed by atoms with E-state index in [2.05, 4.69) is 36.5 Å². The number of aryl methyl sites for hydroxylation is 1. The molecule has 0 spiro atoms. The third-order valence-corrected chi connectivity index (χ3v) is 4.42. The van der Waals surface area contributed by atoms with Gasteiger partial charge < -0.3 is 15.7 Å². The number of hydrogen-bond donors (Lipinski definition) is 3. The first-order valence-corrected chi connectivity index (χ1v) is 8.70. The smallest absolute Gasteiger partial charge is 0.315 e. The molecule has 1 atom stereocenters. The molecule has 1 aromatic rings. The number of rotatable bonds is 5. The highest BCUT2D eigenvalue weighted by molar-refractivity contribution is 5.75. The predicted molar refractivity (Wildman–Crippen MR) is 94.5 cm³/mol. The summed E-state index contributed by atoms with van der Waals surface area (Å²) in [7, 11) is 1.86. The lowest BCUT2D eigenvalue weighted by atomic mass is 9.75. The van der Waals surface area contributed by atoms with Crippen molar-refractivity contribution in [2.24, 2.45) is 18.4 Å². The molecule has 6 heteroatoms. The van der Waals surface area contributed by atoms with E-state index in [9.17, 15) is 9.90 Å². The fourth-order valence-corrected chi connectivity index (χ4v) is 3.83. The minimum atomic E-state index is -0.291. The fraction of sp³-hybridized carbons (Fsp3) is 0.778. The Balaban J connectivity index is 2.02. The molecular formula is C18H32N4O2. The number of aliphatic hydroxyl groups is 1. The number of amides is 2. The zero-order chi connectivity index (χ0) is 18.1. The van der Waals surface area contributed by atoms with Crippen LogP contribution in [0.3, 0.4) is 0 Å². The van der Waals surface area contributed by atoms with E-state index >= 15 is 0 Å². The van der Waals surface area contributed by atoms with E-state index in [0.29, 0.717) is 12.8 Å². The lowest BCUT2D eigenvalue weighted by Crippen LogP contribution is -2.52. The normalized spacial score (nSPS) is 22.6. The van der Waals surface area contributed by atoms with Crippen molar-refractivity contribution in [3.63, 3.8) is 0 Å². The van der Waals surface area contributed by atoms with Gasteiger partial charge in [0, 0.05) is 24.3 Å². The number of carbonyl (C=O) groups is 1. The van der Waals surface area contributed by atoms with Crippen molar-refractivity contribution in [2.45, 2.75) is 71.6 Å². The molecule has 1 heterocycles. The van der Waals surface area contributed by atoms with Gasteiger partial charge in [-0.25, -0.2) is 4.79 Å². The molecule has 0 saturated heterocycles. The summed E-state index contributed by atoms with van der Waals surface area (Å²) in [5.74, 6) is 0.251. The number of hydrogen-bond acceptors (Lipinski definition) is 3. The molecule has 6 nitrogen and oxygen atoms in total. The SMILES string of the molecule is Cn1cc([C@@H](NC(=O)NC(C)(C)CC(C)(C)C)C2CC(O)C2)cn1. The Morgan fingerprint density at radius 2 is 2.00 bits per heavy atom. The van der Waals surface area contributed by atoms with Gasteiger partial charge in [-0.1, -0.05) is 20.8 Å². The van der Waals surface area contributed by atoms with Gasteiger partial charge in [0.2, 0.25) is 0 Å². The first-order chi connectivity index (χ1) is 11.0. The van der Waals surface area contributed by atoms with E-state index in [1.54, 1.807) is 10.9 Å². The van der Waals surface area contributed by atoms with Crippen LogP contribution in [0.25, 0.3) is 0 Å². The second-order valence-electron chi connectivity index (χ2n) is 9.03. The fourth-order valence-electron chi connectivity index (χ4n) is 3.83. The van der Waals surface area contributed by atoms with Gasteiger partial charge in [-0.3, -0.25) is 4.68 Å². The number of carbonyl (C=O) groups excluding carboxylic acids is 1. The Kier molecular flexibility index (Phi) is 5.28. The van der Waals surface area contributed by atoms with Crippen LogP contribution in [0.5, 0.6) is 0 Å². The molecule has 0 aromatic carbocycles. The highest BCUT2D eigenvalue weighted by Crippen LogP contribution is 2.38. The van der Waals surface area contributed by atoms with Gasteiger partial charge in [-0.2, -0.15) is 5.10 Å². The molecule has 0 unspecified atom stereocenters. The van der Waals surface area contributed by atoms with Crippen LogP contribution in [0.4, 0.5) is 4.79 Å². The summed E-state index contributed by atoms with van der Waals surface area (Å²) >= 11 is 0. The maximum atomic E-state index is 12.5. The number of nitrogens with zero attached hydrogens (tertiary/aromatic N) is 2. The quantitative estimate of drug-likeness (QED) is 0.773. The number of nitrogens with one attached hydrogen (secondary N) is 2. The van der Waals surface area contributed by atoms with Crippen LogP contribution in [-0.2, 0) is 7.05 Å². The number of aromatic nitrogens is 2. The molecule has 3 N–H and O–H groups in total. The first kappa shape index (κ1) is 18.8. The second kappa shape index (κ2) is 6.75. The standard InChI is InChI=1S/C18H32N4O2/c1-17(2,3)11-18(4,5)21-16(24)20-15(12-7-14(23)8-12)13-9-19-22(6)10-13/h9-10,12,14-15,23H,7-8,11H2,1-6H3,(H2,20,21,24)/t12?,14?,15-/m0/s1. The summed E-state index contributed by atoms with van der Waals surface area (Å²) in [6, 6.07) is -0.285. The second-order valence-corrected chi connectivity index (χ2v) is 9.03. The molecule has 136 valence electrons. The summed E-state index contributed by atoms with van der Waals surface area (Å²) in [5.41, 5.74) is 0.830. The molecule has 24 heavy (non-hydrogen) atoms. The summed E-state index contributed by atoms with van der Waals surface area (Å²) in [5, 5.41) is 20.0. The van der Waals surface area contributed by atoms with Gasteiger partial charge in [0.25, 0.3) is 0 Å². The van der Waals surface area contributed by atoms with Crippen molar-refractivity contribution >= 4 is 6.03 Å². The molecular weight excluding hydrogens is 304 g/mol. The third-order valence-electron chi connectivity index (χ3n) is 4.42. The summed E-state index contributed by atoms with van der Waals surface area (Å²) in [4.78, 5) is 12.5. The van der Waals surface area contributed by atoms with E-state index in [-0.39, 0.29) is 35.0 Å². The lowest BCUT2D eigenvalue weighted by molar-refractivity contribution is 0.0256. The Labute approximate surface area is 145 Å². The van der Waals surface area contributed by atoms with Gasteiger partial charge in [0.1, 0.15) is 0 Å². The monoisotopic (exact) mass is 336 g/mol. The largest absolute Gasteiger partial charge is 0.393 e. The van der Waals surface area contributed by atoms with Crippen LogP contribution in [0.2, 0.25) is 0 Å². The van der Waals surface area contributed by atoms with E-state index in [4.69, 9.17) is 0 Å². The Morgan fingerprint density at radius 1 is 1.38 bits per heavy atom. The molecule has 2 rings (SSSR count). The molecule has 0 radical (unpaired) electrons. The minimum Gasteiger partial charge on any atom is -0.393 e. The van der Waals surface area contributed by atoms with Crippen LogP contribution in [0.15, 0.2) is 12.4 Å². The molecule has 0 aliphatic heterocycles. The summed E-state index contributed by atoms with van der Waals surface area (Å²) in [6.07, 6.45) is 5.77. The van der Waals surface area contributed by atoms with Crippen molar-refractivity contribution in [1.29, 1.82) is 0 Å². The Hall–Kier alpha value is -1.56. The topological polar surface area (TPSA) is 79.2 Å².